The van der Waals surface area contributed by atoms with E-state index < -0.39 is 10.0 Å². The summed E-state index contributed by atoms with van der Waals surface area (Å²) in [6.07, 6.45) is 1.37. The summed E-state index contributed by atoms with van der Waals surface area (Å²) in [6, 6.07) is 9.12. The van der Waals surface area contributed by atoms with Crippen LogP contribution in [0.3, 0.4) is 0 Å². The molecule has 26 heavy (non-hydrogen) atoms. The third-order valence-electron chi connectivity index (χ3n) is 4.60. The van der Waals surface area contributed by atoms with E-state index in [-0.39, 0.29) is 10.8 Å². The fraction of sp³-hybridized carbons (Fsp3) is 0.350. The van der Waals surface area contributed by atoms with Crippen molar-refractivity contribution in [1.82, 2.24) is 8.96 Å². The van der Waals surface area contributed by atoms with Crippen molar-refractivity contribution >= 4 is 21.1 Å². The molecule has 0 amide bonds. The number of hydrogen-bond donors (Lipinski definition) is 0. The first kappa shape index (κ1) is 18.5. The molecule has 0 atom stereocenters. The summed E-state index contributed by atoms with van der Waals surface area (Å²) in [5.41, 5.74) is 4.29. The number of aromatic nitrogens is 2. The molecule has 1 aromatic heterocycles. The van der Waals surface area contributed by atoms with E-state index in [1.165, 1.54) is 10.3 Å². The van der Waals surface area contributed by atoms with Gasteiger partial charge in [-0.1, -0.05) is 19.9 Å². The number of imidazole rings is 1. The molecule has 0 N–H and O–H groups in total. The monoisotopic (exact) mass is 372 g/mol. The van der Waals surface area contributed by atoms with E-state index in [0.717, 1.165) is 16.7 Å². The van der Waals surface area contributed by atoms with Crippen molar-refractivity contribution in [2.75, 3.05) is 6.61 Å². The molecule has 0 aliphatic heterocycles. The highest BCUT2D eigenvalue weighted by Crippen LogP contribution is 2.31. The van der Waals surface area contributed by atoms with Crippen LogP contribution >= 0.6 is 0 Å². The summed E-state index contributed by atoms with van der Waals surface area (Å²) < 4.78 is 33.7. The first-order valence-electron chi connectivity index (χ1n) is 8.72. The average Bonchev–Trinajstić information content (AvgIpc) is 2.99. The van der Waals surface area contributed by atoms with Gasteiger partial charge >= 0.3 is 0 Å². The normalized spacial score (nSPS) is 12.1. The summed E-state index contributed by atoms with van der Waals surface area (Å²) in [5.74, 6) is 0.576. The van der Waals surface area contributed by atoms with Gasteiger partial charge in [0.1, 0.15) is 17.0 Å². The van der Waals surface area contributed by atoms with Gasteiger partial charge in [0.05, 0.1) is 17.6 Å². The van der Waals surface area contributed by atoms with Crippen molar-refractivity contribution in [2.24, 2.45) is 0 Å². The largest absolute Gasteiger partial charge is 0.492 e. The molecule has 0 saturated heterocycles. The van der Waals surface area contributed by atoms with Crippen LogP contribution in [0.25, 0.3) is 11.0 Å². The van der Waals surface area contributed by atoms with Crippen molar-refractivity contribution in [3.05, 3.63) is 53.3 Å². The molecule has 3 rings (SSSR count). The SMILES string of the molecule is CCOc1ccc(C(C)C)cc1S(=O)(=O)n1cnc2cc(C)c(C)cc21. The number of aryl methyl sites for hydroxylation is 2. The third-order valence-corrected chi connectivity index (χ3v) is 6.28. The molecular weight excluding hydrogens is 348 g/mol. The van der Waals surface area contributed by atoms with Crippen molar-refractivity contribution in [2.45, 2.75) is 45.4 Å². The average molecular weight is 372 g/mol. The molecule has 0 saturated carbocycles. The van der Waals surface area contributed by atoms with Crippen LogP contribution in [0.1, 0.15) is 43.4 Å². The Labute approximate surface area is 154 Å². The highest BCUT2D eigenvalue weighted by atomic mass is 32.2. The number of benzene rings is 2. The molecular formula is C20H24N2O3S. The first-order valence-corrected chi connectivity index (χ1v) is 10.2. The van der Waals surface area contributed by atoms with Gasteiger partial charge in [-0.15, -0.1) is 0 Å². The highest BCUT2D eigenvalue weighted by molar-refractivity contribution is 7.90. The van der Waals surface area contributed by atoms with Gasteiger partial charge in [0.25, 0.3) is 10.0 Å². The second-order valence-corrected chi connectivity index (χ2v) is 8.55. The lowest BCUT2D eigenvalue weighted by molar-refractivity contribution is 0.331. The van der Waals surface area contributed by atoms with Gasteiger partial charge in [-0.3, -0.25) is 0 Å². The lowest BCUT2D eigenvalue weighted by Crippen LogP contribution is -2.14. The molecule has 0 aliphatic rings. The summed E-state index contributed by atoms with van der Waals surface area (Å²) in [4.78, 5) is 4.46. The molecule has 6 heteroatoms. The smallest absolute Gasteiger partial charge is 0.273 e. The maximum atomic E-state index is 13.4. The maximum Gasteiger partial charge on any atom is 0.273 e. The Morgan fingerprint density at radius 3 is 2.46 bits per heavy atom. The van der Waals surface area contributed by atoms with E-state index in [2.05, 4.69) is 4.98 Å². The van der Waals surface area contributed by atoms with Crippen LogP contribution in [-0.2, 0) is 10.0 Å². The Morgan fingerprint density at radius 2 is 1.81 bits per heavy atom. The highest BCUT2D eigenvalue weighted by Gasteiger charge is 2.25. The fourth-order valence-electron chi connectivity index (χ4n) is 2.90. The minimum absolute atomic E-state index is 0.170. The number of rotatable bonds is 5. The summed E-state index contributed by atoms with van der Waals surface area (Å²) in [7, 11) is -3.83. The predicted molar refractivity (Wildman–Crippen MR) is 103 cm³/mol. The van der Waals surface area contributed by atoms with Crippen LogP contribution in [0.4, 0.5) is 0 Å². The number of hydrogen-bond acceptors (Lipinski definition) is 4. The van der Waals surface area contributed by atoms with Crippen LogP contribution in [0, 0.1) is 13.8 Å². The minimum atomic E-state index is -3.83. The predicted octanol–water partition coefficient (Wildman–Crippen LogP) is 4.41. The molecule has 1 heterocycles. The molecule has 5 nitrogen and oxygen atoms in total. The zero-order valence-corrected chi connectivity index (χ0v) is 16.6. The zero-order chi connectivity index (χ0) is 19.1. The second-order valence-electron chi connectivity index (χ2n) is 6.76. The fourth-order valence-corrected chi connectivity index (χ4v) is 4.35. The van der Waals surface area contributed by atoms with Gasteiger partial charge in [0.15, 0.2) is 0 Å². The molecule has 2 aromatic carbocycles. The van der Waals surface area contributed by atoms with Crippen LogP contribution in [0.15, 0.2) is 41.6 Å². The summed E-state index contributed by atoms with van der Waals surface area (Å²) >= 11 is 0. The summed E-state index contributed by atoms with van der Waals surface area (Å²) in [6.45, 7) is 10.2. The number of nitrogens with zero attached hydrogens (tertiary/aromatic N) is 2. The van der Waals surface area contributed by atoms with Crippen molar-refractivity contribution in [1.29, 1.82) is 0 Å². The number of ether oxygens (including phenoxy) is 1. The lowest BCUT2D eigenvalue weighted by Gasteiger charge is -2.15. The van der Waals surface area contributed by atoms with E-state index >= 15 is 0 Å². The van der Waals surface area contributed by atoms with E-state index in [9.17, 15) is 8.42 Å². The van der Waals surface area contributed by atoms with Crippen LogP contribution < -0.4 is 4.74 Å². The Balaban J connectivity index is 2.26. The third kappa shape index (κ3) is 3.09. The van der Waals surface area contributed by atoms with Crippen LogP contribution in [0.2, 0.25) is 0 Å². The molecule has 0 fully saturated rings. The molecule has 0 spiro atoms. The molecule has 138 valence electrons. The van der Waals surface area contributed by atoms with E-state index in [1.54, 1.807) is 12.1 Å². The molecule has 0 aliphatic carbocycles. The van der Waals surface area contributed by atoms with Crippen LogP contribution in [0.5, 0.6) is 5.75 Å². The molecule has 0 bridgehead atoms. The quantitative estimate of drug-likeness (QED) is 0.665. The van der Waals surface area contributed by atoms with Crippen molar-refractivity contribution in [3.8, 4) is 5.75 Å². The maximum absolute atomic E-state index is 13.4. The Kier molecular flexibility index (Phi) is 4.80. The second kappa shape index (κ2) is 6.76. The van der Waals surface area contributed by atoms with E-state index in [4.69, 9.17) is 4.74 Å². The van der Waals surface area contributed by atoms with Gasteiger partial charge in [-0.05, 0) is 67.6 Å². The molecule has 3 aromatic rings. The Bertz CT molecular complexity index is 1070. The van der Waals surface area contributed by atoms with Gasteiger partial charge in [0.2, 0.25) is 0 Å². The van der Waals surface area contributed by atoms with Crippen molar-refractivity contribution < 1.29 is 13.2 Å². The number of fused-ring (bicyclic) bond motifs is 1. The lowest BCUT2D eigenvalue weighted by atomic mass is 10.0. The van der Waals surface area contributed by atoms with Gasteiger partial charge < -0.3 is 4.74 Å². The topological polar surface area (TPSA) is 61.2 Å². The Hall–Kier alpha value is -2.34. The first-order chi connectivity index (χ1) is 12.3. The van der Waals surface area contributed by atoms with E-state index in [1.807, 2.05) is 52.8 Å². The molecule has 0 unspecified atom stereocenters. The minimum Gasteiger partial charge on any atom is -0.492 e. The van der Waals surface area contributed by atoms with Gasteiger partial charge in [-0.2, -0.15) is 0 Å². The summed E-state index contributed by atoms with van der Waals surface area (Å²) in [5, 5.41) is 0. The molecule has 0 radical (unpaired) electrons. The standard InChI is InChI=1S/C20H24N2O3S/c1-6-25-19-8-7-16(13(2)3)11-20(19)26(23,24)22-12-21-17-9-14(4)15(5)10-18(17)22/h7-13H,6H2,1-5H3. The van der Waals surface area contributed by atoms with Gasteiger partial charge in [-0.25, -0.2) is 17.4 Å². The van der Waals surface area contributed by atoms with Gasteiger partial charge in [0, 0.05) is 0 Å². The van der Waals surface area contributed by atoms with Crippen LogP contribution in [-0.4, -0.2) is 24.0 Å². The Morgan fingerprint density at radius 1 is 1.12 bits per heavy atom. The zero-order valence-electron chi connectivity index (χ0n) is 15.8. The van der Waals surface area contributed by atoms with Crippen molar-refractivity contribution in [3.63, 3.8) is 0 Å². The van der Waals surface area contributed by atoms with E-state index in [0.29, 0.717) is 23.4 Å².